The number of nitrogens with zero attached hydrogens (tertiary/aromatic N) is 1. The lowest BCUT2D eigenvalue weighted by Crippen LogP contribution is -2.23. The summed E-state index contributed by atoms with van der Waals surface area (Å²) in [6.45, 7) is 3.85. The topological polar surface area (TPSA) is 73.1 Å². The first-order chi connectivity index (χ1) is 11.4. The van der Waals surface area contributed by atoms with Gasteiger partial charge in [-0.15, -0.1) is 0 Å². The SMILES string of the molecule is Cc1cc(/C=C(\C#N)C(=O)NCc2ccc(Cl)cc2)cc(C)c1O. The van der Waals surface area contributed by atoms with Crippen LogP contribution in [-0.2, 0) is 11.3 Å². The van der Waals surface area contributed by atoms with Gasteiger partial charge in [0.25, 0.3) is 5.91 Å². The van der Waals surface area contributed by atoms with Crippen LogP contribution in [0.4, 0.5) is 0 Å². The molecule has 0 atom stereocenters. The Morgan fingerprint density at radius 1 is 1.25 bits per heavy atom. The van der Waals surface area contributed by atoms with Crippen LogP contribution in [0.1, 0.15) is 22.3 Å². The van der Waals surface area contributed by atoms with Gasteiger partial charge in [-0.05, 0) is 66.4 Å². The van der Waals surface area contributed by atoms with E-state index in [9.17, 15) is 15.2 Å². The van der Waals surface area contributed by atoms with Crippen molar-refractivity contribution in [1.29, 1.82) is 5.26 Å². The number of hydrogen-bond donors (Lipinski definition) is 2. The number of nitriles is 1. The zero-order valence-electron chi connectivity index (χ0n) is 13.4. The Balaban J connectivity index is 2.14. The molecule has 0 saturated carbocycles. The van der Waals surface area contributed by atoms with E-state index >= 15 is 0 Å². The van der Waals surface area contributed by atoms with Gasteiger partial charge in [-0.2, -0.15) is 5.26 Å². The zero-order valence-corrected chi connectivity index (χ0v) is 14.2. The summed E-state index contributed by atoms with van der Waals surface area (Å²) < 4.78 is 0. The number of amides is 1. The van der Waals surface area contributed by atoms with Crippen molar-refractivity contribution in [3.8, 4) is 11.8 Å². The average Bonchev–Trinajstić information content (AvgIpc) is 2.56. The number of benzene rings is 2. The smallest absolute Gasteiger partial charge is 0.262 e. The van der Waals surface area contributed by atoms with E-state index in [2.05, 4.69) is 5.32 Å². The molecule has 4 nitrogen and oxygen atoms in total. The molecule has 0 aliphatic heterocycles. The largest absolute Gasteiger partial charge is 0.507 e. The number of carbonyl (C=O) groups is 1. The first-order valence-electron chi connectivity index (χ1n) is 7.35. The lowest BCUT2D eigenvalue weighted by atomic mass is 10.0. The van der Waals surface area contributed by atoms with Crippen molar-refractivity contribution in [2.24, 2.45) is 0 Å². The quantitative estimate of drug-likeness (QED) is 0.655. The van der Waals surface area contributed by atoms with Crippen LogP contribution in [0.2, 0.25) is 5.02 Å². The summed E-state index contributed by atoms with van der Waals surface area (Å²) in [5.41, 5.74) is 2.98. The van der Waals surface area contributed by atoms with Crippen LogP contribution in [0.3, 0.4) is 0 Å². The van der Waals surface area contributed by atoms with Gasteiger partial charge in [-0.3, -0.25) is 4.79 Å². The molecule has 2 N–H and O–H groups in total. The molecule has 0 aromatic heterocycles. The first kappa shape index (κ1) is 17.6. The Bertz CT molecular complexity index is 810. The number of nitrogens with one attached hydrogen (secondary N) is 1. The molecule has 2 rings (SSSR count). The van der Waals surface area contributed by atoms with Gasteiger partial charge >= 0.3 is 0 Å². The normalized spacial score (nSPS) is 11.0. The van der Waals surface area contributed by atoms with Gasteiger partial charge < -0.3 is 10.4 Å². The minimum Gasteiger partial charge on any atom is -0.507 e. The predicted molar refractivity (Wildman–Crippen MR) is 94.5 cm³/mol. The Labute approximate surface area is 146 Å². The Morgan fingerprint density at radius 3 is 2.38 bits per heavy atom. The first-order valence-corrected chi connectivity index (χ1v) is 7.73. The molecule has 2 aromatic carbocycles. The van der Waals surface area contributed by atoms with Crippen molar-refractivity contribution >= 4 is 23.6 Å². The van der Waals surface area contributed by atoms with Gasteiger partial charge in [0.05, 0.1) is 0 Å². The summed E-state index contributed by atoms with van der Waals surface area (Å²) in [7, 11) is 0. The zero-order chi connectivity index (χ0) is 17.7. The van der Waals surface area contributed by atoms with Crippen LogP contribution in [0.25, 0.3) is 6.08 Å². The van der Waals surface area contributed by atoms with E-state index in [-0.39, 0.29) is 11.3 Å². The van der Waals surface area contributed by atoms with Gasteiger partial charge in [-0.25, -0.2) is 0 Å². The Hall–Kier alpha value is -2.77. The molecular weight excluding hydrogens is 324 g/mol. The van der Waals surface area contributed by atoms with Gasteiger partial charge in [0, 0.05) is 11.6 Å². The number of carbonyl (C=O) groups excluding carboxylic acids is 1. The number of aryl methyl sites for hydroxylation is 2. The molecule has 0 aliphatic carbocycles. The van der Waals surface area contributed by atoms with E-state index < -0.39 is 5.91 Å². The summed E-state index contributed by atoms with van der Waals surface area (Å²) in [6, 6.07) is 12.5. The third kappa shape index (κ3) is 4.37. The Morgan fingerprint density at radius 2 is 1.83 bits per heavy atom. The molecule has 122 valence electrons. The van der Waals surface area contributed by atoms with Crippen molar-refractivity contribution in [1.82, 2.24) is 5.32 Å². The van der Waals surface area contributed by atoms with Crippen LogP contribution in [0.5, 0.6) is 5.75 Å². The molecule has 0 bridgehead atoms. The van der Waals surface area contributed by atoms with E-state index in [4.69, 9.17) is 11.6 Å². The van der Waals surface area contributed by atoms with Crippen molar-refractivity contribution in [3.05, 3.63) is 69.2 Å². The number of phenols is 1. The molecule has 2 aromatic rings. The summed E-state index contributed by atoms with van der Waals surface area (Å²) in [5.74, 6) is -0.228. The van der Waals surface area contributed by atoms with Crippen LogP contribution in [-0.4, -0.2) is 11.0 Å². The molecule has 0 fully saturated rings. The van der Waals surface area contributed by atoms with Crippen LogP contribution < -0.4 is 5.32 Å². The highest BCUT2D eigenvalue weighted by atomic mass is 35.5. The highest BCUT2D eigenvalue weighted by molar-refractivity contribution is 6.30. The van der Waals surface area contributed by atoms with E-state index in [1.807, 2.05) is 18.2 Å². The summed E-state index contributed by atoms with van der Waals surface area (Å²) in [6.07, 6.45) is 1.51. The fourth-order valence-electron chi connectivity index (χ4n) is 2.27. The molecule has 0 aliphatic rings. The van der Waals surface area contributed by atoms with Gasteiger partial charge in [0.2, 0.25) is 0 Å². The molecule has 0 unspecified atom stereocenters. The second-order valence-corrected chi connectivity index (χ2v) is 5.92. The molecule has 5 heteroatoms. The monoisotopic (exact) mass is 340 g/mol. The van der Waals surface area contributed by atoms with E-state index in [1.54, 1.807) is 38.1 Å². The van der Waals surface area contributed by atoms with E-state index in [0.717, 1.165) is 5.56 Å². The number of halogens is 1. The fraction of sp³-hybridized carbons (Fsp3) is 0.158. The van der Waals surface area contributed by atoms with Crippen molar-refractivity contribution < 1.29 is 9.90 Å². The minimum absolute atomic E-state index is 0.00783. The molecule has 0 spiro atoms. The highest BCUT2D eigenvalue weighted by Gasteiger charge is 2.10. The number of phenolic OH excluding ortho intramolecular Hbond substituents is 1. The van der Waals surface area contributed by atoms with E-state index in [1.165, 1.54) is 6.08 Å². The van der Waals surface area contributed by atoms with Crippen molar-refractivity contribution in [2.75, 3.05) is 0 Å². The maximum atomic E-state index is 12.2. The maximum absolute atomic E-state index is 12.2. The van der Waals surface area contributed by atoms with Crippen LogP contribution >= 0.6 is 11.6 Å². The lowest BCUT2D eigenvalue weighted by Gasteiger charge is -2.07. The predicted octanol–water partition coefficient (Wildman–Crippen LogP) is 3.89. The van der Waals surface area contributed by atoms with Gasteiger partial charge in [0.1, 0.15) is 17.4 Å². The molecule has 24 heavy (non-hydrogen) atoms. The standard InChI is InChI=1S/C19H17ClN2O2/c1-12-7-15(8-13(2)18(12)23)9-16(10-21)19(24)22-11-14-3-5-17(20)6-4-14/h3-9,23H,11H2,1-2H3,(H,22,24)/b16-9+. The second-order valence-electron chi connectivity index (χ2n) is 5.48. The van der Waals surface area contributed by atoms with Crippen molar-refractivity contribution in [2.45, 2.75) is 20.4 Å². The molecule has 1 amide bonds. The number of aromatic hydroxyl groups is 1. The van der Waals surface area contributed by atoms with Crippen LogP contribution in [0, 0.1) is 25.2 Å². The second kappa shape index (κ2) is 7.67. The number of rotatable bonds is 4. The highest BCUT2D eigenvalue weighted by Crippen LogP contribution is 2.24. The lowest BCUT2D eigenvalue weighted by molar-refractivity contribution is -0.117. The van der Waals surface area contributed by atoms with Gasteiger partial charge in [0.15, 0.2) is 0 Å². The van der Waals surface area contributed by atoms with Crippen LogP contribution in [0.15, 0.2) is 42.0 Å². The fourth-order valence-corrected chi connectivity index (χ4v) is 2.39. The van der Waals surface area contributed by atoms with Gasteiger partial charge in [-0.1, -0.05) is 23.7 Å². The summed E-state index contributed by atoms with van der Waals surface area (Å²) in [4.78, 5) is 12.2. The third-order valence-electron chi connectivity index (χ3n) is 3.56. The number of hydrogen-bond acceptors (Lipinski definition) is 3. The summed E-state index contributed by atoms with van der Waals surface area (Å²) in [5, 5.41) is 22.4. The molecule has 0 heterocycles. The summed E-state index contributed by atoms with van der Waals surface area (Å²) >= 11 is 5.82. The van der Waals surface area contributed by atoms with E-state index in [0.29, 0.717) is 28.3 Å². The maximum Gasteiger partial charge on any atom is 0.262 e. The molecular formula is C19H17ClN2O2. The van der Waals surface area contributed by atoms with Crippen molar-refractivity contribution in [3.63, 3.8) is 0 Å². The molecule has 0 saturated heterocycles. The Kier molecular flexibility index (Phi) is 5.62. The molecule has 0 radical (unpaired) electrons. The minimum atomic E-state index is -0.448. The third-order valence-corrected chi connectivity index (χ3v) is 3.81. The average molecular weight is 341 g/mol.